The van der Waals surface area contributed by atoms with Crippen molar-refractivity contribution in [3.63, 3.8) is 0 Å². The zero-order valence-corrected chi connectivity index (χ0v) is 18.8. The van der Waals surface area contributed by atoms with E-state index in [1.54, 1.807) is 12.1 Å². The van der Waals surface area contributed by atoms with Gasteiger partial charge in [-0.1, -0.05) is 18.9 Å². The smallest absolute Gasteiger partial charge is 0.253 e. The molecule has 2 amide bonds. The van der Waals surface area contributed by atoms with E-state index in [9.17, 15) is 9.59 Å². The number of nitrogens with zero attached hydrogens (tertiary/aromatic N) is 1. The maximum Gasteiger partial charge on any atom is 0.253 e. The molecule has 1 saturated heterocycles. The highest BCUT2D eigenvalue weighted by Gasteiger charge is 2.17. The molecule has 0 saturated carbocycles. The van der Waals surface area contributed by atoms with Gasteiger partial charge in [0.15, 0.2) is 0 Å². The van der Waals surface area contributed by atoms with Crippen molar-refractivity contribution in [2.45, 2.75) is 32.6 Å². The van der Waals surface area contributed by atoms with Crippen LogP contribution < -0.4 is 15.4 Å². The molecule has 1 heterocycles. The fraction of sp³-hybridized carbons (Fsp3) is 0.440. The van der Waals surface area contributed by atoms with Crippen molar-refractivity contribution in [1.29, 1.82) is 0 Å². The third-order valence-corrected chi connectivity index (χ3v) is 5.29. The molecule has 0 aromatic heterocycles. The predicted octanol–water partition coefficient (Wildman–Crippen LogP) is 4.17. The number of anilines is 2. The number of likely N-dealkylation sites (tertiary alicyclic amines) is 1. The molecule has 0 bridgehead atoms. The lowest BCUT2D eigenvalue weighted by Crippen LogP contribution is -2.31. The minimum absolute atomic E-state index is 0.0589. The minimum atomic E-state index is -0.167. The van der Waals surface area contributed by atoms with Crippen LogP contribution in [0.3, 0.4) is 0 Å². The number of carbonyl (C=O) groups is 2. The Hall–Kier alpha value is -3.06. The van der Waals surface area contributed by atoms with Crippen molar-refractivity contribution in [1.82, 2.24) is 4.90 Å². The summed E-state index contributed by atoms with van der Waals surface area (Å²) in [6.45, 7) is 5.38. The van der Waals surface area contributed by atoms with E-state index in [1.807, 2.05) is 48.2 Å². The largest absolute Gasteiger partial charge is 0.491 e. The molecule has 0 radical (unpaired) electrons. The monoisotopic (exact) mass is 439 g/mol. The van der Waals surface area contributed by atoms with E-state index in [0.29, 0.717) is 31.1 Å². The first-order valence-electron chi connectivity index (χ1n) is 11.4. The average molecular weight is 440 g/mol. The Morgan fingerprint density at radius 1 is 0.938 bits per heavy atom. The van der Waals surface area contributed by atoms with E-state index in [-0.39, 0.29) is 18.4 Å². The molecule has 0 unspecified atom stereocenters. The van der Waals surface area contributed by atoms with Crippen molar-refractivity contribution < 1.29 is 19.1 Å². The number of nitrogens with one attached hydrogen (secondary N) is 2. The molecular formula is C25H33N3O4. The van der Waals surface area contributed by atoms with Gasteiger partial charge in [0.25, 0.3) is 5.91 Å². The second-order valence-electron chi connectivity index (χ2n) is 7.76. The van der Waals surface area contributed by atoms with E-state index in [4.69, 9.17) is 9.47 Å². The van der Waals surface area contributed by atoms with Gasteiger partial charge in [0, 0.05) is 36.6 Å². The fourth-order valence-corrected chi connectivity index (χ4v) is 3.60. The highest BCUT2D eigenvalue weighted by atomic mass is 16.5. The van der Waals surface area contributed by atoms with Gasteiger partial charge in [-0.05, 0) is 62.2 Å². The number of rotatable bonds is 10. The van der Waals surface area contributed by atoms with Gasteiger partial charge in [0.2, 0.25) is 5.91 Å². The van der Waals surface area contributed by atoms with E-state index < -0.39 is 0 Å². The number of amides is 2. The van der Waals surface area contributed by atoms with Gasteiger partial charge in [-0.3, -0.25) is 9.59 Å². The Labute approximate surface area is 190 Å². The topological polar surface area (TPSA) is 79.9 Å². The first-order valence-corrected chi connectivity index (χ1v) is 11.4. The van der Waals surface area contributed by atoms with Gasteiger partial charge in [0.1, 0.15) is 12.4 Å². The van der Waals surface area contributed by atoms with Crippen molar-refractivity contribution in [2.75, 3.05) is 50.1 Å². The molecule has 32 heavy (non-hydrogen) atoms. The van der Waals surface area contributed by atoms with Gasteiger partial charge in [-0.15, -0.1) is 0 Å². The molecule has 2 aromatic rings. The van der Waals surface area contributed by atoms with Crippen molar-refractivity contribution >= 4 is 23.2 Å². The van der Waals surface area contributed by atoms with Crippen LogP contribution in [0.15, 0.2) is 48.5 Å². The highest BCUT2D eigenvalue weighted by molar-refractivity contribution is 5.96. The van der Waals surface area contributed by atoms with E-state index in [2.05, 4.69) is 10.6 Å². The Morgan fingerprint density at radius 3 is 2.41 bits per heavy atom. The first kappa shape index (κ1) is 23.6. The molecule has 2 aromatic carbocycles. The summed E-state index contributed by atoms with van der Waals surface area (Å²) in [7, 11) is 0. The standard InChI is InChI=1S/C25H33N3O4/c1-2-31-16-17-32-23-12-10-21(11-13-23)27-24(29)19-26-22-9-7-8-20(18-22)25(30)28-14-5-3-4-6-15-28/h7-13,18,26H,2-6,14-17,19H2,1H3,(H,27,29). The highest BCUT2D eigenvalue weighted by Crippen LogP contribution is 2.17. The van der Waals surface area contributed by atoms with Gasteiger partial charge in [-0.2, -0.15) is 0 Å². The zero-order valence-electron chi connectivity index (χ0n) is 18.8. The van der Waals surface area contributed by atoms with Crippen LogP contribution in [0.2, 0.25) is 0 Å². The molecular weight excluding hydrogens is 406 g/mol. The Kier molecular flexibility index (Phi) is 9.37. The maximum absolute atomic E-state index is 12.8. The molecule has 0 spiro atoms. The summed E-state index contributed by atoms with van der Waals surface area (Å²) in [5.74, 6) is 0.620. The van der Waals surface area contributed by atoms with Crippen LogP contribution in [0.1, 0.15) is 43.0 Å². The molecule has 1 aliphatic heterocycles. The molecule has 0 aliphatic carbocycles. The number of hydrogen-bond acceptors (Lipinski definition) is 5. The van der Waals surface area contributed by atoms with Gasteiger partial charge in [-0.25, -0.2) is 0 Å². The molecule has 7 heteroatoms. The summed E-state index contributed by atoms with van der Waals surface area (Å²) in [6, 6.07) is 14.6. The van der Waals surface area contributed by atoms with E-state index in [0.717, 1.165) is 37.4 Å². The number of hydrogen-bond donors (Lipinski definition) is 2. The van der Waals surface area contributed by atoms with Crippen LogP contribution in [-0.4, -0.2) is 56.2 Å². The Morgan fingerprint density at radius 2 is 1.69 bits per heavy atom. The number of carbonyl (C=O) groups excluding carboxylic acids is 2. The zero-order chi connectivity index (χ0) is 22.6. The average Bonchev–Trinajstić information content (AvgIpc) is 3.11. The molecule has 172 valence electrons. The summed E-state index contributed by atoms with van der Waals surface area (Å²) in [4.78, 5) is 27.1. The molecule has 0 atom stereocenters. The fourth-order valence-electron chi connectivity index (χ4n) is 3.60. The van der Waals surface area contributed by atoms with Crippen LogP contribution >= 0.6 is 0 Å². The van der Waals surface area contributed by atoms with Crippen LogP contribution in [0, 0.1) is 0 Å². The lowest BCUT2D eigenvalue weighted by molar-refractivity contribution is -0.114. The van der Waals surface area contributed by atoms with Gasteiger partial charge < -0.3 is 25.0 Å². The molecule has 3 rings (SSSR count). The molecule has 7 nitrogen and oxygen atoms in total. The summed E-state index contributed by atoms with van der Waals surface area (Å²) in [5, 5.41) is 5.96. The molecule has 2 N–H and O–H groups in total. The number of benzene rings is 2. The van der Waals surface area contributed by atoms with E-state index in [1.165, 1.54) is 12.8 Å². The first-order chi connectivity index (χ1) is 15.7. The minimum Gasteiger partial charge on any atom is -0.491 e. The Balaban J connectivity index is 1.46. The van der Waals surface area contributed by atoms with Crippen LogP contribution in [0.5, 0.6) is 5.75 Å². The summed E-state index contributed by atoms with van der Waals surface area (Å²) in [5.41, 5.74) is 2.09. The SMILES string of the molecule is CCOCCOc1ccc(NC(=O)CNc2cccc(C(=O)N3CCCCCC3)c2)cc1. The molecule has 1 aliphatic rings. The second kappa shape index (κ2) is 12.7. The summed E-state index contributed by atoms with van der Waals surface area (Å²) < 4.78 is 10.8. The summed E-state index contributed by atoms with van der Waals surface area (Å²) in [6.07, 6.45) is 4.49. The lowest BCUT2D eigenvalue weighted by Gasteiger charge is -2.20. The van der Waals surface area contributed by atoms with Crippen LogP contribution in [0.4, 0.5) is 11.4 Å². The van der Waals surface area contributed by atoms with Gasteiger partial charge in [0.05, 0.1) is 13.2 Å². The number of ether oxygens (including phenoxy) is 2. The lowest BCUT2D eigenvalue weighted by atomic mass is 10.1. The van der Waals surface area contributed by atoms with Crippen molar-refractivity contribution in [3.8, 4) is 5.75 Å². The predicted molar refractivity (Wildman–Crippen MR) is 126 cm³/mol. The third kappa shape index (κ3) is 7.57. The van der Waals surface area contributed by atoms with Crippen LogP contribution in [-0.2, 0) is 9.53 Å². The van der Waals surface area contributed by atoms with Crippen LogP contribution in [0.25, 0.3) is 0 Å². The molecule has 1 fully saturated rings. The summed E-state index contributed by atoms with van der Waals surface area (Å²) >= 11 is 0. The van der Waals surface area contributed by atoms with Gasteiger partial charge >= 0.3 is 0 Å². The van der Waals surface area contributed by atoms with Crippen molar-refractivity contribution in [3.05, 3.63) is 54.1 Å². The maximum atomic E-state index is 12.8. The van der Waals surface area contributed by atoms with E-state index >= 15 is 0 Å². The third-order valence-electron chi connectivity index (χ3n) is 5.29. The quantitative estimate of drug-likeness (QED) is 0.543. The normalized spacial score (nSPS) is 13.8. The van der Waals surface area contributed by atoms with Crippen molar-refractivity contribution in [2.24, 2.45) is 0 Å². The second-order valence-corrected chi connectivity index (χ2v) is 7.76. The Bertz CT molecular complexity index is 862.